The second kappa shape index (κ2) is 7.43. The Morgan fingerprint density at radius 3 is 3.00 bits per heavy atom. The van der Waals surface area contributed by atoms with E-state index in [0.29, 0.717) is 36.2 Å². The number of hydrogen-bond donors (Lipinski definition) is 2. The summed E-state index contributed by atoms with van der Waals surface area (Å²) < 4.78 is 6.96. The Labute approximate surface area is 161 Å². The Hall–Kier alpha value is -3.20. The minimum atomic E-state index is -0.697. The van der Waals surface area contributed by atoms with Crippen LogP contribution in [-0.4, -0.2) is 57.8 Å². The molecule has 3 aromatic heterocycles. The first-order valence-electron chi connectivity index (χ1n) is 9.24. The van der Waals surface area contributed by atoms with E-state index in [4.69, 9.17) is 10.2 Å². The molecule has 3 aromatic rings. The highest BCUT2D eigenvalue weighted by Crippen LogP contribution is 2.24. The number of hydrogen-bond acceptors (Lipinski definition) is 6. The predicted octanol–water partition coefficient (Wildman–Crippen LogP) is 1.16. The van der Waals surface area contributed by atoms with E-state index in [0.717, 1.165) is 19.4 Å². The van der Waals surface area contributed by atoms with Crippen LogP contribution in [0.5, 0.6) is 0 Å². The number of piperidine rings is 1. The van der Waals surface area contributed by atoms with Crippen LogP contribution in [0.2, 0.25) is 0 Å². The minimum Gasteiger partial charge on any atom is -0.463 e. The van der Waals surface area contributed by atoms with E-state index in [1.54, 1.807) is 18.2 Å². The molecular formula is C19H22N6O3. The molecule has 4 heterocycles. The maximum atomic E-state index is 13.3. The average Bonchev–Trinajstić information content (AvgIpc) is 3.37. The largest absolute Gasteiger partial charge is 0.463 e. The van der Waals surface area contributed by atoms with Crippen molar-refractivity contribution in [2.75, 3.05) is 26.7 Å². The molecule has 0 radical (unpaired) electrons. The van der Waals surface area contributed by atoms with Gasteiger partial charge in [0, 0.05) is 13.1 Å². The number of fused-ring (bicyclic) bond motifs is 1. The van der Waals surface area contributed by atoms with E-state index < -0.39 is 5.91 Å². The first kappa shape index (κ1) is 18.2. The fourth-order valence-electron chi connectivity index (χ4n) is 3.73. The summed E-state index contributed by atoms with van der Waals surface area (Å²) in [4.78, 5) is 35.5. The van der Waals surface area contributed by atoms with Gasteiger partial charge in [0.1, 0.15) is 17.7 Å². The number of amides is 2. The van der Waals surface area contributed by atoms with Gasteiger partial charge in [-0.15, -0.1) is 0 Å². The number of nitrogens with one attached hydrogen (secondary N) is 1. The van der Waals surface area contributed by atoms with Crippen LogP contribution in [-0.2, 0) is 0 Å². The van der Waals surface area contributed by atoms with Crippen molar-refractivity contribution in [3.8, 4) is 11.5 Å². The molecular weight excluding hydrogens is 360 g/mol. The van der Waals surface area contributed by atoms with Crippen molar-refractivity contribution in [2.24, 2.45) is 11.7 Å². The quantitative estimate of drug-likeness (QED) is 0.683. The molecule has 1 saturated heterocycles. The summed E-state index contributed by atoms with van der Waals surface area (Å²) in [6.07, 6.45) is 4.98. The second-order valence-electron chi connectivity index (χ2n) is 6.97. The molecule has 146 valence electrons. The van der Waals surface area contributed by atoms with Gasteiger partial charge in [-0.1, -0.05) is 0 Å². The molecule has 1 aliphatic rings. The van der Waals surface area contributed by atoms with Crippen LogP contribution in [0.4, 0.5) is 0 Å². The van der Waals surface area contributed by atoms with Crippen molar-refractivity contribution in [1.29, 1.82) is 0 Å². The molecule has 0 bridgehead atoms. The normalized spacial score (nSPS) is 17.2. The second-order valence-corrected chi connectivity index (χ2v) is 6.97. The lowest BCUT2D eigenvalue weighted by molar-refractivity contribution is 0.0666. The van der Waals surface area contributed by atoms with Gasteiger partial charge in [0.05, 0.1) is 6.26 Å². The first-order valence-corrected chi connectivity index (χ1v) is 9.24. The van der Waals surface area contributed by atoms with Crippen LogP contribution >= 0.6 is 0 Å². The third-order valence-electron chi connectivity index (χ3n) is 5.03. The van der Waals surface area contributed by atoms with Gasteiger partial charge in [0.2, 0.25) is 0 Å². The van der Waals surface area contributed by atoms with Crippen LogP contribution in [0.3, 0.4) is 0 Å². The van der Waals surface area contributed by atoms with Crippen molar-refractivity contribution < 1.29 is 14.0 Å². The maximum absolute atomic E-state index is 13.3. The summed E-state index contributed by atoms with van der Waals surface area (Å²) in [6.45, 7) is 2.23. The Bertz CT molecular complexity index is 1010. The zero-order valence-electron chi connectivity index (χ0n) is 15.6. The van der Waals surface area contributed by atoms with E-state index in [2.05, 4.69) is 15.3 Å². The van der Waals surface area contributed by atoms with Gasteiger partial charge >= 0.3 is 0 Å². The highest BCUT2D eigenvalue weighted by atomic mass is 16.3. The minimum absolute atomic E-state index is 0.0224. The molecule has 2 amide bonds. The maximum Gasteiger partial charge on any atom is 0.271 e. The van der Waals surface area contributed by atoms with Gasteiger partial charge in [-0.3, -0.25) is 14.0 Å². The third kappa shape index (κ3) is 3.24. The number of nitrogens with zero attached hydrogens (tertiary/aromatic N) is 4. The average molecular weight is 382 g/mol. The zero-order valence-corrected chi connectivity index (χ0v) is 15.6. The molecule has 1 aliphatic heterocycles. The fraction of sp³-hybridized carbons (Fsp3) is 0.368. The predicted molar refractivity (Wildman–Crippen MR) is 102 cm³/mol. The smallest absolute Gasteiger partial charge is 0.271 e. The summed E-state index contributed by atoms with van der Waals surface area (Å²) in [5.41, 5.74) is 6.53. The molecule has 0 spiro atoms. The van der Waals surface area contributed by atoms with E-state index in [1.807, 2.05) is 11.9 Å². The number of carbonyl (C=O) groups excluding carboxylic acids is 2. The van der Waals surface area contributed by atoms with Gasteiger partial charge in [-0.2, -0.15) is 0 Å². The molecule has 1 fully saturated rings. The summed E-state index contributed by atoms with van der Waals surface area (Å²) in [5.74, 6) is 0.0832. The zero-order chi connectivity index (χ0) is 19.7. The van der Waals surface area contributed by atoms with Crippen molar-refractivity contribution in [3.63, 3.8) is 0 Å². The molecule has 28 heavy (non-hydrogen) atoms. The highest BCUT2D eigenvalue weighted by molar-refractivity contribution is 5.99. The number of nitrogens with two attached hydrogens (primary N) is 1. The lowest BCUT2D eigenvalue weighted by Gasteiger charge is -2.32. The van der Waals surface area contributed by atoms with Gasteiger partial charge < -0.3 is 20.4 Å². The van der Waals surface area contributed by atoms with E-state index >= 15 is 0 Å². The van der Waals surface area contributed by atoms with Crippen LogP contribution in [0.15, 0.2) is 35.2 Å². The van der Waals surface area contributed by atoms with Gasteiger partial charge in [-0.25, -0.2) is 9.97 Å². The van der Waals surface area contributed by atoms with Crippen LogP contribution in [0.1, 0.15) is 33.8 Å². The van der Waals surface area contributed by atoms with Crippen LogP contribution in [0, 0.1) is 5.92 Å². The van der Waals surface area contributed by atoms with Crippen molar-refractivity contribution in [2.45, 2.75) is 12.8 Å². The summed E-state index contributed by atoms with van der Waals surface area (Å²) in [6, 6.07) is 5.15. The summed E-state index contributed by atoms with van der Waals surface area (Å²) in [5, 5.41) is 3.18. The standard InChI is InChI=1S/C19H22N6O3/c1-21-9-12-4-2-6-24(10-12)19(27)14-8-13(15-5-3-7-28-15)23-18-16(17(20)26)22-11-25(14)18/h3,5,7-8,11-12,21H,2,4,6,9-10H2,1H3,(H2,20,26). The molecule has 9 nitrogen and oxygen atoms in total. The Morgan fingerprint density at radius 2 is 2.29 bits per heavy atom. The molecule has 4 rings (SSSR count). The Balaban J connectivity index is 1.79. The number of imidazole rings is 1. The first-order chi connectivity index (χ1) is 13.6. The summed E-state index contributed by atoms with van der Waals surface area (Å²) >= 11 is 0. The number of furan rings is 1. The van der Waals surface area contributed by atoms with E-state index in [-0.39, 0.29) is 17.2 Å². The topological polar surface area (TPSA) is 119 Å². The van der Waals surface area contributed by atoms with E-state index in [1.165, 1.54) is 17.0 Å². The number of rotatable bonds is 5. The van der Waals surface area contributed by atoms with Gasteiger partial charge in [0.15, 0.2) is 17.1 Å². The lowest BCUT2D eigenvalue weighted by Crippen LogP contribution is -2.43. The van der Waals surface area contributed by atoms with E-state index in [9.17, 15) is 9.59 Å². The number of carbonyl (C=O) groups is 2. The SMILES string of the molecule is CNCC1CCCN(C(=O)c2cc(-c3ccco3)nc3c(C(N)=O)ncn23)C1. The molecule has 3 N–H and O–H groups in total. The monoisotopic (exact) mass is 382 g/mol. The highest BCUT2D eigenvalue weighted by Gasteiger charge is 2.27. The van der Waals surface area contributed by atoms with Gasteiger partial charge in [-0.05, 0) is 50.6 Å². The van der Waals surface area contributed by atoms with Crippen molar-refractivity contribution >= 4 is 17.5 Å². The molecule has 0 saturated carbocycles. The number of primary amides is 1. The van der Waals surface area contributed by atoms with Crippen LogP contribution in [0.25, 0.3) is 17.1 Å². The number of aromatic nitrogens is 3. The summed E-state index contributed by atoms with van der Waals surface area (Å²) in [7, 11) is 1.92. The Morgan fingerprint density at radius 1 is 1.43 bits per heavy atom. The molecule has 9 heteroatoms. The lowest BCUT2D eigenvalue weighted by atomic mass is 9.97. The molecule has 0 aromatic carbocycles. The van der Waals surface area contributed by atoms with Crippen molar-refractivity contribution in [3.05, 3.63) is 42.2 Å². The van der Waals surface area contributed by atoms with Crippen molar-refractivity contribution in [1.82, 2.24) is 24.6 Å². The molecule has 1 unspecified atom stereocenters. The van der Waals surface area contributed by atoms with Crippen LogP contribution < -0.4 is 11.1 Å². The Kier molecular flexibility index (Phi) is 4.82. The molecule has 0 aliphatic carbocycles. The molecule has 1 atom stereocenters. The third-order valence-corrected chi connectivity index (χ3v) is 5.03. The number of likely N-dealkylation sites (tertiary alicyclic amines) is 1. The van der Waals surface area contributed by atoms with Gasteiger partial charge in [0.25, 0.3) is 11.8 Å². The fourth-order valence-corrected chi connectivity index (χ4v) is 3.73.